The molecule has 0 bridgehead atoms. The molecule has 1 heterocycles. The van der Waals surface area contributed by atoms with Crippen LogP contribution in [0.3, 0.4) is 0 Å². The molecule has 128 valence electrons. The highest BCUT2D eigenvalue weighted by atomic mass is 35.5. The summed E-state index contributed by atoms with van der Waals surface area (Å²) >= 11 is 0. The SMILES string of the molecule is Cl.O=C(OC(c1ccccc1)c1ccccc1)C1CNCC(O)C1. The van der Waals surface area contributed by atoms with Gasteiger partial charge in [0.25, 0.3) is 0 Å². The topological polar surface area (TPSA) is 58.6 Å². The normalized spacial score (nSPS) is 20.2. The lowest BCUT2D eigenvalue weighted by molar-refractivity contribution is -0.154. The van der Waals surface area contributed by atoms with Crippen LogP contribution in [0.4, 0.5) is 0 Å². The molecule has 3 rings (SSSR count). The number of hydrogen-bond donors (Lipinski definition) is 2. The molecule has 1 saturated heterocycles. The van der Waals surface area contributed by atoms with Gasteiger partial charge in [-0.05, 0) is 17.5 Å². The average molecular weight is 348 g/mol. The quantitative estimate of drug-likeness (QED) is 0.835. The van der Waals surface area contributed by atoms with Gasteiger partial charge in [0.05, 0.1) is 12.0 Å². The third kappa shape index (κ3) is 4.57. The first-order valence-corrected chi connectivity index (χ1v) is 7.93. The molecule has 2 aromatic carbocycles. The van der Waals surface area contributed by atoms with Gasteiger partial charge in [0.15, 0.2) is 6.10 Å². The van der Waals surface area contributed by atoms with Crippen LogP contribution < -0.4 is 5.32 Å². The number of benzene rings is 2. The van der Waals surface area contributed by atoms with Gasteiger partial charge in [-0.25, -0.2) is 0 Å². The minimum Gasteiger partial charge on any atom is -0.452 e. The van der Waals surface area contributed by atoms with Crippen LogP contribution in [0.25, 0.3) is 0 Å². The first-order valence-electron chi connectivity index (χ1n) is 7.93. The fourth-order valence-corrected chi connectivity index (χ4v) is 2.90. The third-order valence-electron chi connectivity index (χ3n) is 4.10. The number of carbonyl (C=O) groups excluding carboxylic acids is 1. The summed E-state index contributed by atoms with van der Waals surface area (Å²) in [6.45, 7) is 1.08. The maximum absolute atomic E-state index is 12.5. The molecule has 5 heteroatoms. The average Bonchev–Trinajstić information content (AvgIpc) is 2.61. The highest BCUT2D eigenvalue weighted by Gasteiger charge is 2.29. The standard InChI is InChI=1S/C19H21NO3.ClH/c21-17-11-16(12-20-13-17)19(22)23-18(14-7-3-1-4-8-14)15-9-5-2-6-10-15;/h1-10,16-18,20-21H,11-13H2;1H. The van der Waals surface area contributed by atoms with Crippen LogP contribution in [-0.4, -0.2) is 30.3 Å². The van der Waals surface area contributed by atoms with Crippen molar-refractivity contribution in [2.24, 2.45) is 5.92 Å². The fraction of sp³-hybridized carbons (Fsp3) is 0.316. The summed E-state index contributed by atoms with van der Waals surface area (Å²) in [7, 11) is 0. The number of hydrogen-bond acceptors (Lipinski definition) is 4. The van der Waals surface area contributed by atoms with Crippen molar-refractivity contribution in [1.82, 2.24) is 5.32 Å². The second-order valence-electron chi connectivity index (χ2n) is 5.88. The number of carbonyl (C=O) groups is 1. The number of aliphatic hydroxyl groups is 1. The molecule has 4 nitrogen and oxygen atoms in total. The summed E-state index contributed by atoms with van der Waals surface area (Å²) in [5, 5.41) is 12.8. The van der Waals surface area contributed by atoms with Gasteiger partial charge in [-0.2, -0.15) is 0 Å². The Morgan fingerprint density at radius 2 is 1.54 bits per heavy atom. The number of halogens is 1. The van der Waals surface area contributed by atoms with E-state index in [-0.39, 0.29) is 24.3 Å². The highest BCUT2D eigenvalue weighted by Crippen LogP contribution is 2.27. The molecule has 2 atom stereocenters. The Hall–Kier alpha value is -1.88. The monoisotopic (exact) mass is 347 g/mol. The summed E-state index contributed by atoms with van der Waals surface area (Å²) in [5.74, 6) is -0.581. The Morgan fingerprint density at radius 3 is 2.04 bits per heavy atom. The van der Waals surface area contributed by atoms with E-state index in [1.165, 1.54) is 0 Å². The maximum Gasteiger partial charge on any atom is 0.311 e. The first kappa shape index (κ1) is 18.5. The maximum atomic E-state index is 12.5. The minimum atomic E-state index is -0.492. The van der Waals surface area contributed by atoms with Crippen LogP contribution in [0, 0.1) is 5.92 Å². The summed E-state index contributed by atoms with van der Waals surface area (Å²) in [6, 6.07) is 19.4. The Labute approximate surface area is 148 Å². The van der Waals surface area contributed by atoms with Crippen LogP contribution in [0.5, 0.6) is 0 Å². The molecule has 0 saturated carbocycles. The summed E-state index contributed by atoms with van der Waals surface area (Å²) < 4.78 is 5.82. The lowest BCUT2D eigenvalue weighted by Crippen LogP contribution is -2.43. The van der Waals surface area contributed by atoms with Gasteiger partial charge in [0.2, 0.25) is 0 Å². The summed E-state index contributed by atoms with van der Waals surface area (Å²) in [5.41, 5.74) is 1.88. The largest absolute Gasteiger partial charge is 0.452 e. The Balaban J connectivity index is 0.00000208. The van der Waals surface area contributed by atoms with Gasteiger partial charge in [-0.3, -0.25) is 4.79 Å². The molecule has 1 aliphatic heterocycles. The number of β-amino-alcohol motifs (C(OH)–C–C–N with tert-alkyl or cyclic N) is 1. The van der Waals surface area contributed by atoms with E-state index in [9.17, 15) is 9.90 Å². The Bertz CT molecular complexity index is 596. The van der Waals surface area contributed by atoms with E-state index in [0.717, 1.165) is 11.1 Å². The molecule has 0 radical (unpaired) electrons. The van der Waals surface area contributed by atoms with E-state index < -0.39 is 12.2 Å². The molecule has 2 aromatic rings. The zero-order chi connectivity index (χ0) is 16.1. The van der Waals surface area contributed by atoms with Crippen LogP contribution in [0.1, 0.15) is 23.7 Å². The van der Waals surface area contributed by atoms with Crippen molar-refractivity contribution in [3.63, 3.8) is 0 Å². The zero-order valence-electron chi connectivity index (χ0n) is 13.3. The van der Waals surface area contributed by atoms with Crippen molar-refractivity contribution in [1.29, 1.82) is 0 Å². The number of ether oxygens (including phenoxy) is 1. The van der Waals surface area contributed by atoms with Crippen molar-refractivity contribution in [2.75, 3.05) is 13.1 Å². The highest BCUT2D eigenvalue weighted by molar-refractivity contribution is 5.85. The van der Waals surface area contributed by atoms with Crippen LogP contribution in [-0.2, 0) is 9.53 Å². The van der Waals surface area contributed by atoms with Crippen molar-refractivity contribution in [2.45, 2.75) is 18.6 Å². The number of piperidine rings is 1. The molecule has 1 fully saturated rings. The molecule has 24 heavy (non-hydrogen) atoms. The third-order valence-corrected chi connectivity index (χ3v) is 4.10. The molecule has 0 aliphatic carbocycles. The van der Waals surface area contributed by atoms with Crippen LogP contribution in [0.15, 0.2) is 60.7 Å². The lowest BCUT2D eigenvalue weighted by Gasteiger charge is -2.27. The molecule has 2 N–H and O–H groups in total. The summed E-state index contributed by atoms with van der Waals surface area (Å²) in [4.78, 5) is 12.5. The first-order chi connectivity index (χ1) is 11.2. The fourth-order valence-electron chi connectivity index (χ4n) is 2.90. The van der Waals surface area contributed by atoms with E-state index in [1.807, 2.05) is 60.7 Å². The number of nitrogens with one attached hydrogen (secondary N) is 1. The summed E-state index contributed by atoms with van der Waals surface area (Å²) in [6.07, 6.45) is -0.473. The predicted molar refractivity (Wildman–Crippen MR) is 95.1 cm³/mol. The number of esters is 1. The molecule has 0 aromatic heterocycles. The van der Waals surface area contributed by atoms with Gasteiger partial charge < -0.3 is 15.2 Å². The Kier molecular flexibility index (Phi) is 6.79. The van der Waals surface area contributed by atoms with E-state index in [4.69, 9.17) is 4.74 Å². The van der Waals surface area contributed by atoms with Gasteiger partial charge in [-0.15, -0.1) is 12.4 Å². The lowest BCUT2D eigenvalue weighted by atomic mass is 9.97. The van der Waals surface area contributed by atoms with E-state index in [2.05, 4.69) is 5.32 Å². The molecule has 2 unspecified atom stereocenters. The number of aliphatic hydroxyl groups excluding tert-OH is 1. The van der Waals surface area contributed by atoms with Crippen molar-refractivity contribution in [3.8, 4) is 0 Å². The van der Waals surface area contributed by atoms with E-state index in [0.29, 0.717) is 19.5 Å². The molecule has 0 spiro atoms. The van der Waals surface area contributed by atoms with Gasteiger partial charge >= 0.3 is 5.97 Å². The number of rotatable bonds is 4. The second kappa shape index (κ2) is 8.83. The molecule has 0 amide bonds. The zero-order valence-corrected chi connectivity index (χ0v) is 14.1. The van der Waals surface area contributed by atoms with Crippen molar-refractivity contribution in [3.05, 3.63) is 71.8 Å². The second-order valence-corrected chi connectivity index (χ2v) is 5.88. The predicted octanol–water partition coefficient (Wildman–Crippen LogP) is 2.71. The minimum absolute atomic E-state index is 0. The van der Waals surface area contributed by atoms with Crippen molar-refractivity contribution < 1.29 is 14.6 Å². The van der Waals surface area contributed by atoms with E-state index >= 15 is 0 Å². The Morgan fingerprint density at radius 1 is 1.00 bits per heavy atom. The smallest absolute Gasteiger partial charge is 0.311 e. The van der Waals surface area contributed by atoms with Gasteiger partial charge in [0, 0.05) is 13.1 Å². The molecule has 1 aliphatic rings. The van der Waals surface area contributed by atoms with Gasteiger partial charge in [0.1, 0.15) is 0 Å². The van der Waals surface area contributed by atoms with Crippen LogP contribution >= 0.6 is 12.4 Å². The molecular weight excluding hydrogens is 326 g/mol. The van der Waals surface area contributed by atoms with E-state index in [1.54, 1.807) is 0 Å². The van der Waals surface area contributed by atoms with Crippen LogP contribution in [0.2, 0.25) is 0 Å². The van der Waals surface area contributed by atoms with Gasteiger partial charge in [-0.1, -0.05) is 60.7 Å². The van der Waals surface area contributed by atoms with Crippen molar-refractivity contribution >= 4 is 18.4 Å². The molecular formula is C19H22ClNO3.